The van der Waals surface area contributed by atoms with E-state index in [1.165, 1.54) is 5.56 Å². The van der Waals surface area contributed by atoms with Crippen LogP contribution in [0.1, 0.15) is 25.3 Å². The standard InChI is InChI=1S/C16H22N2O/c1-13(7-8-14-5-3-2-4-6-14)18-11-9-15(10-12-18)16(17)19/h2-8,13,15H,9-12H2,1H3,(H2,17,19)/b8-7+. The van der Waals surface area contributed by atoms with Crippen LogP contribution in [0.2, 0.25) is 0 Å². The Bertz CT molecular complexity index is 433. The molecule has 102 valence electrons. The lowest BCUT2D eigenvalue weighted by Crippen LogP contribution is -2.42. The first-order valence-electron chi connectivity index (χ1n) is 6.93. The molecule has 1 aromatic rings. The average molecular weight is 258 g/mol. The van der Waals surface area contributed by atoms with Gasteiger partial charge in [-0.3, -0.25) is 9.69 Å². The summed E-state index contributed by atoms with van der Waals surface area (Å²) < 4.78 is 0. The highest BCUT2D eigenvalue weighted by molar-refractivity contribution is 5.76. The lowest BCUT2D eigenvalue weighted by Gasteiger charge is -2.33. The molecule has 3 heteroatoms. The van der Waals surface area contributed by atoms with Crippen molar-refractivity contribution >= 4 is 12.0 Å². The minimum atomic E-state index is -0.146. The Balaban J connectivity index is 1.86. The first kappa shape index (κ1) is 13.8. The second-order valence-corrected chi connectivity index (χ2v) is 5.22. The summed E-state index contributed by atoms with van der Waals surface area (Å²) in [6.07, 6.45) is 6.16. The maximum absolute atomic E-state index is 11.1. The third kappa shape index (κ3) is 3.93. The largest absolute Gasteiger partial charge is 0.369 e. The van der Waals surface area contributed by atoms with Crippen LogP contribution in [0.4, 0.5) is 0 Å². The molecule has 1 aliphatic rings. The molecule has 2 N–H and O–H groups in total. The fraction of sp³-hybridized carbons (Fsp3) is 0.438. The van der Waals surface area contributed by atoms with E-state index in [2.05, 4.69) is 36.1 Å². The van der Waals surface area contributed by atoms with Gasteiger partial charge in [-0.05, 0) is 38.4 Å². The molecule has 1 aromatic carbocycles. The Labute approximate surface area is 115 Å². The van der Waals surface area contributed by atoms with Gasteiger partial charge in [0, 0.05) is 12.0 Å². The number of carbonyl (C=O) groups excluding carboxylic acids is 1. The van der Waals surface area contributed by atoms with E-state index < -0.39 is 0 Å². The quantitative estimate of drug-likeness (QED) is 0.900. The Hall–Kier alpha value is -1.61. The molecule has 1 fully saturated rings. The van der Waals surface area contributed by atoms with E-state index in [9.17, 15) is 4.79 Å². The molecule has 1 amide bonds. The molecule has 1 heterocycles. The van der Waals surface area contributed by atoms with Gasteiger partial charge in [0.15, 0.2) is 0 Å². The lowest BCUT2D eigenvalue weighted by molar-refractivity contribution is -0.123. The van der Waals surface area contributed by atoms with Crippen LogP contribution in [-0.4, -0.2) is 29.9 Å². The normalized spacial score (nSPS) is 19.6. The minimum Gasteiger partial charge on any atom is -0.369 e. The Kier molecular flexibility index (Phi) is 4.74. The number of carbonyl (C=O) groups is 1. The molecule has 0 spiro atoms. The van der Waals surface area contributed by atoms with E-state index in [-0.39, 0.29) is 11.8 Å². The number of hydrogen-bond donors (Lipinski definition) is 1. The van der Waals surface area contributed by atoms with Gasteiger partial charge in [0.25, 0.3) is 0 Å². The van der Waals surface area contributed by atoms with Gasteiger partial charge >= 0.3 is 0 Å². The van der Waals surface area contributed by atoms with Crippen LogP contribution in [0.3, 0.4) is 0 Å². The van der Waals surface area contributed by atoms with Gasteiger partial charge < -0.3 is 5.73 Å². The first-order valence-corrected chi connectivity index (χ1v) is 6.93. The Morgan fingerprint density at radius 2 is 1.95 bits per heavy atom. The number of primary amides is 1. The summed E-state index contributed by atoms with van der Waals surface area (Å²) in [5, 5.41) is 0. The van der Waals surface area contributed by atoms with Crippen molar-refractivity contribution in [2.24, 2.45) is 11.7 Å². The predicted molar refractivity (Wildman–Crippen MR) is 78.4 cm³/mol. The summed E-state index contributed by atoms with van der Waals surface area (Å²) in [7, 11) is 0. The molecule has 0 bridgehead atoms. The second-order valence-electron chi connectivity index (χ2n) is 5.22. The molecule has 1 aliphatic heterocycles. The molecule has 1 unspecified atom stereocenters. The third-order valence-electron chi connectivity index (χ3n) is 3.87. The first-order chi connectivity index (χ1) is 9.16. The third-order valence-corrected chi connectivity index (χ3v) is 3.87. The van der Waals surface area contributed by atoms with Crippen LogP contribution in [0.25, 0.3) is 6.08 Å². The van der Waals surface area contributed by atoms with Gasteiger partial charge in [-0.15, -0.1) is 0 Å². The number of rotatable bonds is 4. The number of benzene rings is 1. The van der Waals surface area contributed by atoms with Crippen LogP contribution in [-0.2, 0) is 4.79 Å². The highest BCUT2D eigenvalue weighted by Crippen LogP contribution is 2.19. The second kappa shape index (κ2) is 6.53. The molecule has 0 saturated carbocycles. The van der Waals surface area contributed by atoms with Crippen molar-refractivity contribution in [3.05, 3.63) is 42.0 Å². The van der Waals surface area contributed by atoms with Gasteiger partial charge in [-0.1, -0.05) is 42.5 Å². The average Bonchev–Trinajstić information content (AvgIpc) is 2.46. The van der Waals surface area contributed by atoms with E-state index in [4.69, 9.17) is 5.73 Å². The summed E-state index contributed by atoms with van der Waals surface area (Å²) >= 11 is 0. The van der Waals surface area contributed by atoms with E-state index in [1.807, 2.05) is 18.2 Å². The van der Waals surface area contributed by atoms with Gasteiger partial charge in [0.2, 0.25) is 5.91 Å². The number of nitrogens with zero attached hydrogens (tertiary/aromatic N) is 1. The predicted octanol–water partition coefficient (Wildman–Crippen LogP) is 2.29. The van der Waals surface area contributed by atoms with Crippen LogP contribution < -0.4 is 5.73 Å². The molecule has 1 atom stereocenters. The molecule has 3 nitrogen and oxygen atoms in total. The number of hydrogen-bond acceptors (Lipinski definition) is 2. The van der Waals surface area contributed by atoms with Gasteiger partial charge in [-0.25, -0.2) is 0 Å². The zero-order chi connectivity index (χ0) is 13.7. The number of piperidine rings is 1. The number of nitrogens with two attached hydrogens (primary N) is 1. The van der Waals surface area contributed by atoms with Crippen LogP contribution in [0.5, 0.6) is 0 Å². The molecule has 19 heavy (non-hydrogen) atoms. The van der Waals surface area contributed by atoms with Crippen molar-refractivity contribution in [3.63, 3.8) is 0 Å². The van der Waals surface area contributed by atoms with Gasteiger partial charge in [-0.2, -0.15) is 0 Å². The fourth-order valence-electron chi connectivity index (χ4n) is 2.53. The highest BCUT2D eigenvalue weighted by Gasteiger charge is 2.24. The van der Waals surface area contributed by atoms with Crippen molar-refractivity contribution in [3.8, 4) is 0 Å². The molecule has 2 rings (SSSR count). The van der Waals surface area contributed by atoms with E-state index in [1.54, 1.807) is 0 Å². The van der Waals surface area contributed by atoms with Gasteiger partial charge in [0.1, 0.15) is 0 Å². The van der Waals surface area contributed by atoms with E-state index in [0.717, 1.165) is 25.9 Å². The molecular formula is C16H22N2O. The van der Waals surface area contributed by atoms with Crippen molar-refractivity contribution in [2.75, 3.05) is 13.1 Å². The maximum atomic E-state index is 11.1. The summed E-state index contributed by atoms with van der Waals surface area (Å²) in [5.41, 5.74) is 6.58. The lowest BCUT2D eigenvalue weighted by atomic mass is 9.95. The molecule has 1 saturated heterocycles. The van der Waals surface area contributed by atoms with E-state index >= 15 is 0 Å². The van der Waals surface area contributed by atoms with Crippen LogP contribution in [0, 0.1) is 5.92 Å². The maximum Gasteiger partial charge on any atom is 0.220 e. The van der Waals surface area contributed by atoms with Crippen molar-refractivity contribution in [1.29, 1.82) is 0 Å². The van der Waals surface area contributed by atoms with E-state index in [0.29, 0.717) is 6.04 Å². The van der Waals surface area contributed by atoms with Crippen LogP contribution >= 0.6 is 0 Å². The smallest absolute Gasteiger partial charge is 0.220 e. The minimum absolute atomic E-state index is 0.0709. The topological polar surface area (TPSA) is 46.3 Å². The molecule has 0 aromatic heterocycles. The summed E-state index contributed by atoms with van der Waals surface area (Å²) in [6, 6.07) is 10.7. The number of likely N-dealkylation sites (tertiary alicyclic amines) is 1. The molecule has 0 aliphatic carbocycles. The summed E-state index contributed by atoms with van der Waals surface area (Å²) in [6.45, 7) is 4.10. The van der Waals surface area contributed by atoms with Crippen molar-refractivity contribution in [2.45, 2.75) is 25.8 Å². The van der Waals surface area contributed by atoms with Crippen LogP contribution in [0.15, 0.2) is 36.4 Å². The number of amides is 1. The Morgan fingerprint density at radius 3 is 2.53 bits per heavy atom. The zero-order valence-corrected chi connectivity index (χ0v) is 11.5. The monoisotopic (exact) mass is 258 g/mol. The molecule has 0 radical (unpaired) electrons. The van der Waals surface area contributed by atoms with Crippen molar-refractivity contribution in [1.82, 2.24) is 4.90 Å². The highest BCUT2D eigenvalue weighted by atomic mass is 16.1. The van der Waals surface area contributed by atoms with Crippen molar-refractivity contribution < 1.29 is 4.79 Å². The SMILES string of the molecule is CC(/C=C/c1ccccc1)N1CCC(C(N)=O)CC1. The summed E-state index contributed by atoms with van der Waals surface area (Å²) in [4.78, 5) is 13.5. The fourth-order valence-corrected chi connectivity index (χ4v) is 2.53. The van der Waals surface area contributed by atoms with Gasteiger partial charge in [0.05, 0.1) is 0 Å². The molecular weight excluding hydrogens is 236 g/mol. The Morgan fingerprint density at radius 1 is 1.32 bits per heavy atom. The zero-order valence-electron chi connectivity index (χ0n) is 11.5. The summed E-state index contributed by atoms with van der Waals surface area (Å²) in [5.74, 6) is -0.0753.